The molecule has 2 aromatic heterocycles. The van der Waals surface area contributed by atoms with E-state index in [0.29, 0.717) is 7.28 Å². The SMILES string of the molecule is CC(C)(C)c1ccc(N2c3cc4c(oc5ccccc54)c(-c4cccc5c4Nc4ccccc4C54c5ccccc5-c5ccccc54)c3Bc3oc4cc5c(cc4c32)C(C)(C)CCC5(C)C)c(-c2ccccc2)c1. The molecule has 4 nitrogen and oxygen atoms in total. The van der Waals surface area contributed by atoms with Crippen LogP contribution in [-0.2, 0) is 21.7 Å². The van der Waals surface area contributed by atoms with Crippen molar-refractivity contribution in [1.29, 1.82) is 0 Å². The van der Waals surface area contributed by atoms with E-state index >= 15 is 0 Å². The van der Waals surface area contributed by atoms with Crippen LogP contribution >= 0.6 is 0 Å². The van der Waals surface area contributed by atoms with E-state index in [-0.39, 0.29) is 16.2 Å². The molecule has 1 N–H and O–H groups in total. The zero-order chi connectivity index (χ0) is 50.0. The molecule has 0 bridgehead atoms. The second-order valence-corrected chi connectivity index (χ2v) is 23.9. The number of furan rings is 2. The van der Waals surface area contributed by atoms with Crippen molar-refractivity contribution in [3.63, 3.8) is 0 Å². The molecular weight excluding hydrogens is 900 g/mol. The Morgan fingerprint density at radius 2 is 1.14 bits per heavy atom. The van der Waals surface area contributed by atoms with Gasteiger partial charge in [0.05, 0.1) is 28.1 Å². The van der Waals surface area contributed by atoms with Gasteiger partial charge in [-0.1, -0.05) is 188 Å². The minimum atomic E-state index is -0.569. The molecule has 4 aliphatic rings. The molecule has 0 radical (unpaired) electrons. The van der Waals surface area contributed by atoms with Gasteiger partial charge in [0, 0.05) is 44.2 Å². The van der Waals surface area contributed by atoms with Gasteiger partial charge >= 0.3 is 0 Å². The summed E-state index contributed by atoms with van der Waals surface area (Å²) < 4.78 is 14.7. The number of nitrogens with zero attached hydrogens (tertiary/aromatic N) is 1. The molecule has 9 aromatic carbocycles. The largest absolute Gasteiger partial charge is 0.469 e. The Balaban J connectivity index is 1.08. The first kappa shape index (κ1) is 43.6. The molecule has 5 heteroatoms. The first-order valence-corrected chi connectivity index (χ1v) is 26.6. The lowest BCUT2D eigenvalue weighted by atomic mass is 9.60. The molecular formula is C69H57BN2O2. The third-order valence-electron chi connectivity index (χ3n) is 17.7. The van der Waals surface area contributed by atoms with Gasteiger partial charge in [-0.3, -0.25) is 0 Å². The Kier molecular flexibility index (Phi) is 8.85. The van der Waals surface area contributed by atoms with Crippen molar-refractivity contribution in [2.45, 2.75) is 83.0 Å². The summed E-state index contributed by atoms with van der Waals surface area (Å²) in [5.41, 5.74) is 26.1. The maximum atomic E-state index is 7.44. The molecule has 1 spiro atoms. The van der Waals surface area contributed by atoms with E-state index in [0.717, 1.165) is 91.0 Å². The Morgan fingerprint density at radius 1 is 0.500 bits per heavy atom. The predicted octanol–water partition coefficient (Wildman–Crippen LogP) is 16.9. The molecule has 0 fully saturated rings. The maximum Gasteiger partial charge on any atom is 0.245 e. The highest BCUT2D eigenvalue weighted by Gasteiger charge is 2.51. The Morgan fingerprint density at radius 3 is 1.88 bits per heavy atom. The lowest BCUT2D eigenvalue weighted by Crippen LogP contribution is -2.40. The standard InChI is InChI=1S/C69H57BN2O2/c1-66(2,3)41-32-33-56(46(36-41)40-20-9-8-10-21-40)72-57-38-47-44-24-13-18-31-58(44)73-64(47)60(61(57)70-65-63(72)48-37-53-54(39-59(48)74-65)68(6,7)35-34-67(53,4)5)45-25-19-29-52-62(45)71-55-30-17-16-28-51(55)69(52)49-26-14-11-22-42(49)43-23-12-15-27-50(43)69/h8-33,36-39,70-71H,34-35H2,1-7H3. The summed E-state index contributed by atoms with van der Waals surface area (Å²) in [4.78, 5) is 2.58. The third-order valence-corrected chi connectivity index (χ3v) is 17.7. The van der Waals surface area contributed by atoms with Crippen LogP contribution in [0.2, 0.25) is 0 Å². The summed E-state index contributed by atoms with van der Waals surface area (Å²) >= 11 is 0. The van der Waals surface area contributed by atoms with E-state index < -0.39 is 5.41 Å². The summed E-state index contributed by atoms with van der Waals surface area (Å²) in [6.45, 7) is 16.6. The summed E-state index contributed by atoms with van der Waals surface area (Å²) in [6, 6.07) is 68.1. The zero-order valence-electron chi connectivity index (χ0n) is 43.2. The number of hydrogen-bond acceptors (Lipinski definition) is 4. The van der Waals surface area contributed by atoms with Gasteiger partial charge in [0.1, 0.15) is 16.7 Å². The van der Waals surface area contributed by atoms with Gasteiger partial charge in [0.15, 0.2) is 0 Å². The molecule has 2 aliphatic heterocycles. The van der Waals surface area contributed by atoms with Crippen LogP contribution in [-0.4, -0.2) is 7.28 Å². The number of anilines is 5. The number of fused-ring (bicyclic) bond motifs is 17. The topological polar surface area (TPSA) is 41.6 Å². The molecule has 15 rings (SSSR count). The van der Waals surface area contributed by atoms with Crippen LogP contribution in [0.3, 0.4) is 0 Å². The van der Waals surface area contributed by atoms with Crippen LogP contribution in [0.4, 0.5) is 28.4 Å². The van der Waals surface area contributed by atoms with Crippen LogP contribution in [0.15, 0.2) is 191 Å². The Labute approximate surface area is 433 Å². The van der Waals surface area contributed by atoms with Crippen molar-refractivity contribution < 1.29 is 8.83 Å². The summed E-state index contributed by atoms with van der Waals surface area (Å²) in [5.74, 6) is 0. The average molecular weight is 957 g/mol. The fourth-order valence-corrected chi connectivity index (χ4v) is 13.9. The van der Waals surface area contributed by atoms with E-state index in [1.165, 1.54) is 66.7 Å². The third kappa shape index (κ3) is 5.87. The van der Waals surface area contributed by atoms with Crippen LogP contribution in [0, 0.1) is 0 Å². The second-order valence-electron chi connectivity index (χ2n) is 23.9. The van der Waals surface area contributed by atoms with Crippen molar-refractivity contribution in [2.75, 3.05) is 10.2 Å². The Hall–Kier alpha value is -8.02. The molecule has 0 saturated carbocycles. The number of hydrogen-bond donors (Lipinski definition) is 1. The molecule has 74 heavy (non-hydrogen) atoms. The monoisotopic (exact) mass is 956 g/mol. The van der Waals surface area contributed by atoms with Gasteiger partial charge in [0.25, 0.3) is 0 Å². The summed E-state index contributed by atoms with van der Waals surface area (Å²) in [6.07, 6.45) is 2.26. The molecule has 0 saturated heterocycles. The van der Waals surface area contributed by atoms with E-state index in [1.54, 1.807) is 0 Å². The molecule has 0 atom stereocenters. The molecule has 358 valence electrons. The fourth-order valence-electron chi connectivity index (χ4n) is 13.9. The van der Waals surface area contributed by atoms with Gasteiger partial charge in [-0.15, -0.1) is 0 Å². The highest BCUT2D eigenvalue weighted by molar-refractivity contribution is 6.73. The lowest BCUT2D eigenvalue weighted by molar-refractivity contribution is 0.332. The van der Waals surface area contributed by atoms with Crippen LogP contribution in [0.5, 0.6) is 0 Å². The second kappa shape index (κ2) is 15.0. The molecule has 0 unspecified atom stereocenters. The van der Waals surface area contributed by atoms with Gasteiger partial charge in [-0.05, 0) is 133 Å². The minimum absolute atomic E-state index is 0.00886. The number of rotatable bonds is 3. The first-order valence-electron chi connectivity index (χ1n) is 26.6. The van der Waals surface area contributed by atoms with E-state index in [1.807, 2.05) is 0 Å². The van der Waals surface area contributed by atoms with Crippen LogP contribution in [0.25, 0.3) is 66.3 Å². The van der Waals surface area contributed by atoms with Crippen molar-refractivity contribution >= 4 is 79.7 Å². The van der Waals surface area contributed by atoms with Gasteiger partial charge in [-0.2, -0.15) is 0 Å². The van der Waals surface area contributed by atoms with Crippen molar-refractivity contribution in [2.24, 2.45) is 0 Å². The summed E-state index contributed by atoms with van der Waals surface area (Å²) in [5, 5.41) is 7.47. The maximum absolute atomic E-state index is 7.44. The lowest BCUT2D eigenvalue weighted by Gasteiger charge is -2.42. The molecule has 0 amide bonds. The normalized spacial score (nSPS) is 16.2. The smallest absolute Gasteiger partial charge is 0.245 e. The average Bonchev–Trinajstić information content (AvgIpc) is 4.09. The molecule has 2 aliphatic carbocycles. The van der Waals surface area contributed by atoms with Crippen molar-refractivity contribution in [1.82, 2.24) is 0 Å². The van der Waals surface area contributed by atoms with Gasteiger partial charge in [0.2, 0.25) is 7.28 Å². The molecule has 11 aromatic rings. The van der Waals surface area contributed by atoms with Crippen LogP contribution in [0.1, 0.15) is 100 Å². The van der Waals surface area contributed by atoms with Crippen LogP contribution < -0.4 is 21.3 Å². The van der Waals surface area contributed by atoms with Crippen molar-refractivity contribution in [3.8, 4) is 33.4 Å². The van der Waals surface area contributed by atoms with E-state index in [2.05, 4.69) is 241 Å². The first-order chi connectivity index (χ1) is 35.8. The highest BCUT2D eigenvalue weighted by atomic mass is 16.3. The highest BCUT2D eigenvalue weighted by Crippen LogP contribution is 2.63. The van der Waals surface area contributed by atoms with Gasteiger partial charge in [-0.25, -0.2) is 0 Å². The van der Waals surface area contributed by atoms with Gasteiger partial charge < -0.3 is 19.1 Å². The van der Waals surface area contributed by atoms with Crippen molar-refractivity contribution in [3.05, 3.63) is 221 Å². The zero-order valence-corrected chi connectivity index (χ0v) is 43.2. The number of para-hydroxylation sites is 3. The molecule has 4 heterocycles. The predicted molar refractivity (Wildman–Crippen MR) is 310 cm³/mol. The Bertz CT molecular complexity index is 4160. The van der Waals surface area contributed by atoms with E-state index in [4.69, 9.17) is 8.83 Å². The quantitative estimate of drug-likeness (QED) is 0.179. The summed E-state index contributed by atoms with van der Waals surface area (Å²) in [7, 11) is 0.577. The number of nitrogens with one attached hydrogen (secondary N) is 1. The fraction of sp³-hybridized carbons (Fsp3) is 0.188. The van der Waals surface area contributed by atoms with E-state index in [9.17, 15) is 0 Å². The number of benzene rings is 9. The minimum Gasteiger partial charge on any atom is -0.469 e.